The molecule has 82 valence electrons. The van der Waals surface area contributed by atoms with Crippen LogP contribution in [0.15, 0.2) is 27.6 Å². The van der Waals surface area contributed by atoms with Crippen molar-refractivity contribution >= 4 is 33.7 Å². The average Bonchev–Trinajstić information content (AvgIpc) is 2.16. The van der Waals surface area contributed by atoms with Crippen LogP contribution in [0.4, 0.5) is 8.78 Å². The van der Waals surface area contributed by atoms with E-state index >= 15 is 0 Å². The summed E-state index contributed by atoms with van der Waals surface area (Å²) in [4.78, 5) is 11.2. The van der Waals surface area contributed by atoms with Crippen molar-refractivity contribution in [2.45, 2.75) is 11.3 Å². The van der Waals surface area contributed by atoms with E-state index < -0.39 is 12.4 Å². The second-order valence-electron chi connectivity index (χ2n) is 2.65. The van der Waals surface area contributed by atoms with Gasteiger partial charge in [0.1, 0.15) is 0 Å². The van der Waals surface area contributed by atoms with Gasteiger partial charge in [-0.05, 0) is 34.1 Å². The molecule has 0 aliphatic heterocycles. The van der Waals surface area contributed by atoms with Crippen molar-refractivity contribution in [3.8, 4) is 0 Å². The van der Waals surface area contributed by atoms with Crippen LogP contribution in [0, 0.1) is 0 Å². The van der Waals surface area contributed by atoms with Crippen LogP contribution in [-0.4, -0.2) is 23.3 Å². The lowest BCUT2D eigenvalue weighted by Gasteiger charge is -2.03. The molecule has 0 amide bonds. The lowest BCUT2D eigenvalue weighted by molar-refractivity contribution is 0.0695. The summed E-state index contributed by atoms with van der Waals surface area (Å²) >= 11 is 4.01. The van der Waals surface area contributed by atoms with Crippen molar-refractivity contribution in [1.82, 2.24) is 0 Å². The topological polar surface area (TPSA) is 37.3 Å². The van der Waals surface area contributed by atoms with E-state index in [0.717, 1.165) is 11.8 Å². The Morgan fingerprint density at radius 2 is 2.20 bits per heavy atom. The molecule has 0 aromatic heterocycles. The van der Waals surface area contributed by atoms with E-state index in [1.54, 1.807) is 6.07 Å². The molecule has 0 saturated heterocycles. The number of alkyl halides is 2. The van der Waals surface area contributed by atoms with E-state index in [4.69, 9.17) is 5.11 Å². The van der Waals surface area contributed by atoms with Crippen LogP contribution >= 0.6 is 27.7 Å². The van der Waals surface area contributed by atoms with Crippen molar-refractivity contribution in [3.05, 3.63) is 28.2 Å². The maximum atomic E-state index is 11.9. The first kappa shape index (κ1) is 12.4. The Bertz CT molecular complexity index is 371. The molecule has 1 rings (SSSR count). The number of carboxylic acids is 1. The van der Waals surface area contributed by atoms with Crippen molar-refractivity contribution in [2.75, 3.05) is 5.75 Å². The van der Waals surface area contributed by atoms with Gasteiger partial charge in [-0.15, -0.1) is 11.8 Å². The molecule has 15 heavy (non-hydrogen) atoms. The lowest BCUT2D eigenvalue weighted by atomic mass is 10.2. The summed E-state index contributed by atoms with van der Waals surface area (Å²) in [6.45, 7) is 0. The highest BCUT2D eigenvalue weighted by atomic mass is 79.9. The molecule has 1 aromatic carbocycles. The van der Waals surface area contributed by atoms with E-state index in [2.05, 4.69) is 15.9 Å². The van der Waals surface area contributed by atoms with Gasteiger partial charge in [-0.1, -0.05) is 0 Å². The molecule has 0 saturated carbocycles. The third kappa shape index (κ3) is 3.79. The van der Waals surface area contributed by atoms with Gasteiger partial charge < -0.3 is 5.11 Å². The Morgan fingerprint density at radius 3 is 2.73 bits per heavy atom. The smallest absolute Gasteiger partial charge is 0.336 e. The molecule has 6 heteroatoms. The first-order chi connectivity index (χ1) is 7.00. The highest BCUT2D eigenvalue weighted by molar-refractivity contribution is 9.10. The zero-order valence-corrected chi connectivity index (χ0v) is 9.82. The van der Waals surface area contributed by atoms with Gasteiger partial charge in [-0.3, -0.25) is 0 Å². The predicted molar refractivity (Wildman–Crippen MR) is 57.8 cm³/mol. The normalized spacial score (nSPS) is 10.7. The Labute approximate surface area is 97.8 Å². The first-order valence-electron chi connectivity index (χ1n) is 3.94. The number of aromatic carboxylic acids is 1. The molecular weight excluding hydrogens is 290 g/mol. The van der Waals surface area contributed by atoms with E-state index in [9.17, 15) is 13.6 Å². The van der Waals surface area contributed by atoms with Crippen molar-refractivity contribution in [3.63, 3.8) is 0 Å². The summed E-state index contributed by atoms with van der Waals surface area (Å²) in [6, 6.07) is 4.51. The van der Waals surface area contributed by atoms with Gasteiger partial charge in [0, 0.05) is 9.37 Å². The molecule has 1 aromatic rings. The maximum Gasteiger partial charge on any atom is 0.336 e. The first-order valence-corrected chi connectivity index (χ1v) is 5.72. The summed E-state index contributed by atoms with van der Waals surface area (Å²) in [5.74, 6) is -1.41. The number of carbonyl (C=O) groups is 1. The molecule has 0 heterocycles. The predicted octanol–water partition coefficient (Wildman–Crippen LogP) is 3.50. The second-order valence-corrected chi connectivity index (χ2v) is 4.60. The summed E-state index contributed by atoms with van der Waals surface area (Å²) in [7, 11) is 0. The van der Waals surface area contributed by atoms with Gasteiger partial charge in [0.2, 0.25) is 6.43 Å². The monoisotopic (exact) mass is 296 g/mol. The molecule has 1 N–H and O–H groups in total. The van der Waals surface area contributed by atoms with Crippen LogP contribution < -0.4 is 0 Å². The van der Waals surface area contributed by atoms with Crippen LogP contribution in [0.1, 0.15) is 10.4 Å². The van der Waals surface area contributed by atoms with Crippen molar-refractivity contribution in [1.29, 1.82) is 0 Å². The number of rotatable bonds is 4. The van der Waals surface area contributed by atoms with E-state index in [0.29, 0.717) is 9.37 Å². The Balaban J connectivity index is 2.83. The molecule has 0 bridgehead atoms. The molecule has 0 atom stereocenters. The van der Waals surface area contributed by atoms with Gasteiger partial charge in [0.15, 0.2) is 0 Å². The van der Waals surface area contributed by atoms with Gasteiger partial charge in [-0.25, -0.2) is 13.6 Å². The number of benzene rings is 1. The Hall–Kier alpha value is -0.620. The largest absolute Gasteiger partial charge is 0.478 e. The SMILES string of the molecule is O=C(O)c1cc(SCC(F)F)ccc1Br. The molecular formula is C9H7BrF2O2S. The average molecular weight is 297 g/mol. The fraction of sp³-hybridized carbons (Fsp3) is 0.222. The van der Waals surface area contributed by atoms with E-state index in [1.165, 1.54) is 12.1 Å². The van der Waals surface area contributed by atoms with Crippen LogP contribution in [0.25, 0.3) is 0 Å². The summed E-state index contributed by atoms with van der Waals surface area (Å²) < 4.78 is 24.3. The fourth-order valence-electron chi connectivity index (χ4n) is 0.917. The molecule has 0 aliphatic carbocycles. The zero-order chi connectivity index (χ0) is 11.4. The number of hydrogen-bond donors (Lipinski definition) is 1. The van der Waals surface area contributed by atoms with Crippen LogP contribution in [0.5, 0.6) is 0 Å². The summed E-state index contributed by atoms with van der Waals surface area (Å²) in [5, 5.41) is 8.78. The maximum absolute atomic E-state index is 11.9. The number of halogens is 3. The van der Waals surface area contributed by atoms with Crippen molar-refractivity contribution < 1.29 is 18.7 Å². The fourth-order valence-corrected chi connectivity index (χ4v) is 2.02. The number of carboxylic acid groups (broad SMARTS) is 1. The third-order valence-electron chi connectivity index (χ3n) is 1.54. The molecule has 0 aliphatic rings. The highest BCUT2D eigenvalue weighted by Crippen LogP contribution is 2.25. The van der Waals surface area contributed by atoms with Crippen molar-refractivity contribution in [2.24, 2.45) is 0 Å². The molecule has 0 unspecified atom stereocenters. The standard InChI is InChI=1S/C9H7BrF2O2S/c10-7-2-1-5(15-4-8(11)12)3-6(7)9(13)14/h1-3,8H,4H2,(H,13,14). The van der Waals surface area contributed by atoms with E-state index in [-0.39, 0.29) is 11.3 Å². The number of thioether (sulfide) groups is 1. The minimum Gasteiger partial charge on any atom is -0.478 e. The summed E-state index contributed by atoms with van der Waals surface area (Å²) in [6.07, 6.45) is -2.40. The third-order valence-corrected chi connectivity index (χ3v) is 3.24. The molecule has 0 radical (unpaired) electrons. The van der Waals surface area contributed by atoms with Gasteiger partial charge in [0.05, 0.1) is 11.3 Å². The molecule has 2 nitrogen and oxygen atoms in total. The Kier molecular flexibility index (Phi) is 4.53. The van der Waals surface area contributed by atoms with Gasteiger partial charge >= 0.3 is 5.97 Å². The van der Waals surface area contributed by atoms with Gasteiger partial charge in [0.25, 0.3) is 0 Å². The van der Waals surface area contributed by atoms with E-state index in [1.807, 2.05) is 0 Å². The summed E-state index contributed by atoms with van der Waals surface area (Å²) in [5.41, 5.74) is 0.0780. The molecule has 0 fully saturated rings. The molecule has 0 spiro atoms. The van der Waals surface area contributed by atoms with Crippen LogP contribution in [-0.2, 0) is 0 Å². The minimum absolute atomic E-state index is 0.0780. The lowest BCUT2D eigenvalue weighted by Crippen LogP contribution is -1.98. The minimum atomic E-state index is -2.40. The van der Waals surface area contributed by atoms with Crippen LogP contribution in [0.3, 0.4) is 0 Å². The van der Waals surface area contributed by atoms with Crippen LogP contribution in [0.2, 0.25) is 0 Å². The highest BCUT2D eigenvalue weighted by Gasteiger charge is 2.10. The number of hydrogen-bond acceptors (Lipinski definition) is 2. The Morgan fingerprint density at radius 1 is 1.53 bits per heavy atom. The quantitative estimate of drug-likeness (QED) is 0.864. The van der Waals surface area contributed by atoms with Gasteiger partial charge in [-0.2, -0.15) is 0 Å². The second kappa shape index (κ2) is 5.46. The zero-order valence-electron chi connectivity index (χ0n) is 7.41.